The molecule has 0 saturated heterocycles. The second-order valence-electron chi connectivity index (χ2n) is 4.75. The maximum absolute atomic E-state index is 10.8. The molecule has 0 aromatic heterocycles. The van der Waals surface area contributed by atoms with Crippen molar-refractivity contribution in [1.82, 2.24) is 0 Å². The molecule has 0 fully saturated rings. The summed E-state index contributed by atoms with van der Waals surface area (Å²) in [6, 6.07) is 7.44. The minimum atomic E-state index is -0.444. The highest BCUT2D eigenvalue weighted by Crippen LogP contribution is 2.29. The largest absolute Gasteiger partial charge is 0.459 e. The first kappa shape index (κ1) is 17.4. The molecule has 1 unspecified atom stereocenters. The number of nitrogens with two attached hydrogens (primary N) is 1. The fraction of sp³-hybridized carbons (Fsp3) is 0.235. The van der Waals surface area contributed by atoms with Crippen LogP contribution in [0.15, 0.2) is 47.6 Å². The van der Waals surface area contributed by atoms with Crippen LogP contribution in [0.2, 0.25) is 0 Å². The second kappa shape index (κ2) is 9.28. The molecular formula is C17H20N2O3. The molecule has 0 amide bonds. The average Bonchev–Trinajstić information content (AvgIpc) is 2.51. The van der Waals surface area contributed by atoms with Gasteiger partial charge in [-0.1, -0.05) is 36.4 Å². The van der Waals surface area contributed by atoms with Gasteiger partial charge in [-0.3, -0.25) is 9.79 Å². The molecule has 1 rings (SSSR count). The average molecular weight is 300 g/mol. The molecule has 0 bridgehead atoms. The predicted octanol–water partition coefficient (Wildman–Crippen LogP) is 2.44. The summed E-state index contributed by atoms with van der Waals surface area (Å²) in [7, 11) is 0. The molecule has 1 aromatic rings. The zero-order chi connectivity index (χ0) is 16.4. The minimum Gasteiger partial charge on any atom is -0.459 e. The SMILES string of the molecule is C=C(C)CC(OC=O)c1ccccc1/C(C=NCC=O)=C/N. The van der Waals surface area contributed by atoms with Gasteiger partial charge >= 0.3 is 0 Å². The number of nitrogens with zero attached hydrogens (tertiary/aromatic N) is 1. The van der Waals surface area contributed by atoms with Crippen molar-refractivity contribution < 1.29 is 14.3 Å². The van der Waals surface area contributed by atoms with Crippen LogP contribution < -0.4 is 5.73 Å². The fourth-order valence-electron chi connectivity index (χ4n) is 2.05. The normalized spacial score (nSPS) is 12.9. The second-order valence-corrected chi connectivity index (χ2v) is 4.75. The van der Waals surface area contributed by atoms with Crippen molar-refractivity contribution in [2.24, 2.45) is 10.7 Å². The summed E-state index contributed by atoms with van der Waals surface area (Å²) in [6.07, 6.45) is 3.72. The third-order valence-electron chi connectivity index (χ3n) is 2.96. The lowest BCUT2D eigenvalue weighted by molar-refractivity contribution is -0.133. The number of carbonyl (C=O) groups excluding carboxylic acids is 2. The highest BCUT2D eigenvalue weighted by atomic mass is 16.5. The third-order valence-corrected chi connectivity index (χ3v) is 2.96. The Kier molecular flexibility index (Phi) is 7.33. The van der Waals surface area contributed by atoms with Crippen molar-refractivity contribution in [2.75, 3.05) is 6.54 Å². The van der Waals surface area contributed by atoms with Gasteiger partial charge in [0.05, 0.1) is 6.54 Å². The standard InChI is InChI=1S/C17H20N2O3/c1-13(2)9-17(22-12-21)16-6-4-3-5-15(16)14(10-18)11-19-7-8-20/h3-6,8,10-12,17H,1,7,9,18H2,2H3/b14-10+,19-11?. The van der Waals surface area contributed by atoms with Gasteiger partial charge in [0, 0.05) is 30.0 Å². The molecule has 0 spiro atoms. The predicted molar refractivity (Wildman–Crippen MR) is 87.4 cm³/mol. The number of carbonyl (C=O) groups is 2. The fourth-order valence-corrected chi connectivity index (χ4v) is 2.05. The van der Waals surface area contributed by atoms with Gasteiger partial charge in [-0.2, -0.15) is 0 Å². The van der Waals surface area contributed by atoms with E-state index in [4.69, 9.17) is 10.5 Å². The molecular weight excluding hydrogens is 280 g/mol. The van der Waals surface area contributed by atoms with E-state index >= 15 is 0 Å². The Labute approximate surface area is 130 Å². The van der Waals surface area contributed by atoms with Gasteiger partial charge in [-0.25, -0.2) is 0 Å². The molecule has 0 aliphatic carbocycles. The number of ether oxygens (including phenoxy) is 1. The molecule has 22 heavy (non-hydrogen) atoms. The van der Waals surface area contributed by atoms with Crippen molar-refractivity contribution in [2.45, 2.75) is 19.4 Å². The molecule has 0 aliphatic heterocycles. The summed E-state index contributed by atoms with van der Waals surface area (Å²) in [6.45, 7) is 6.22. The van der Waals surface area contributed by atoms with E-state index in [1.165, 1.54) is 12.4 Å². The van der Waals surface area contributed by atoms with Gasteiger partial charge in [0.1, 0.15) is 12.4 Å². The van der Waals surface area contributed by atoms with Gasteiger partial charge in [0.2, 0.25) is 0 Å². The van der Waals surface area contributed by atoms with Crippen LogP contribution in [0.25, 0.3) is 5.57 Å². The van der Waals surface area contributed by atoms with E-state index in [9.17, 15) is 9.59 Å². The van der Waals surface area contributed by atoms with Crippen LogP contribution in [-0.2, 0) is 14.3 Å². The van der Waals surface area contributed by atoms with E-state index in [0.717, 1.165) is 16.7 Å². The Morgan fingerprint density at radius 3 is 2.73 bits per heavy atom. The van der Waals surface area contributed by atoms with Crippen LogP contribution in [0.3, 0.4) is 0 Å². The first-order valence-corrected chi connectivity index (χ1v) is 6.82. The summed E-state index contributed by atoms with van der Waals surface area (Å²) in [5.41, 5.74) is 8.82. The Balaban J connectivity index is 3.22. The van der Waals surface area contributed by atoms with Crippen molar-refractivity contribution in [3.05, 3.63) is 53.7 Å². The summed E-state index contributed by atoms with van der Waals surface area (Å²) < 4.78 is 5.19. The summed E-state index contributed by atoms with van der Waals surface area (Å²) in [5.74, 6) is 0. The summed E-state index contributed by atoms with van der Waals surface area (Å²) in [4.78, 5) is 25.1. The number of aliphatic imine (C=N–C) groups is 1. The van der Waals surface area contributed by atoms with Crippen LogP contribution in [0.5, 0.6) is 0 Å². The topological polar surface area (TPSA) is 81.8 Å². The Bertz CT molecular complexity index is 591. The van der Waals surface area contributed by atoms with Crippen molar-refractivity contribution in [3.8, 4) is 0 Å². The lowest BCUT2D eigenvalue weighted by Crippen LogP contribution is -2.08. The van der Waals surface area contributed by atoms with E-state index in [-0.39, 0.29) is 6.54 Å². The van der Waals surface area contributed by atoms with E-state index in [1.54, 1.807) is 0 Å². The van der Waals surface area contributed by atoms with Gasteiger partial charge < -0.3 is 15.3 Å². The minimum absolute atomic E-state index is 0.0690. The molecule has 0 aliphatic rings. The highest BCUT2D eigenvalue weighted by molar-refractivity contribution is 6.10. The quantitative estimate of drug-likeness (QED) is 0.431. The van der Waals surface area contributed by atoms with Gasteiger partial charge in [0.15, 0.2) is 0 Å². The molecule has 0 heterocycles. The van der Waals surface area contributed by atoms with Gasteiger partial charge in [-0.15, -0.1) is 0 Å². The number of rotatable bonds is 9. The smallest absolute Gasteiger partial charge is 0.293 e. The maximum atomic E-state index is 10.8. The maximum Gasteiger partial charge on any atom is 0.293 e. The monoisotopic (exact) mass is 300 g/mol. The van der Waals surface area contributed by atoms with Crippen molar-refractivity contribution >= 4 is 24.5 Å². The van der Waals surface area contributed by atoms with Gasteiger partial charge in [-0.05, 0) is 12.5 Å². The van der Waals surface area contributed by atoms with Crippen LogP contribution in [0.1, 0.15) is 30.6 Å². The van der Waals surface area contributed by atoms with Crippen LogP contribution in [-0.4, -0.2) is 25.5 Å². The molecule has 5 nitrogen and oxygen atoms in total. The molecule has 5 heteroatoms. The van der Waals surface area contributed by atoms with E-state index in [1.807, 2.05) is 31.2 Å². The first-order valence-electron chi connectivity index (χ1n) is 6.82. The summed E-state index contributed by atoms with van der Waals surface area (Å²) >= 11 is 0. The number of aldehydes is 1. The third kappa shape index (κ3) is 5.01. The van der Waals surface area contributed by atoms with E-state index in [2.05, 4.69) is 11.6 Å². The number of allylic oxidation sites excluding steroid dienone is 1. The molecule has 0 saturated carbocycles. The zero-order valence-electron chi connectivity index (χ0n) is 12.6. The molecule has 1 atom stereocenters. The van der Waals surface area contributed by atoms with Crippen molar-refractivity contribution in [3.63, 3.8) is 0 Å². The van der Waals surface area contributed by atoms with E-state index in [0.29, 0.717) is 24.8 Å². The van der Waals surface area contributed by atoms with E-state index < -0.39 is 6.10 Å². The van der Waals surface area contributed by atoms with Crippen LogP contribution in [0.4, 0.5) is 0 Å². The lowest BCUT2D eigenvalue weighted by Gasteiger charge is -2.19. The number of hydrogen-bond acceptors (Lipinski definition) is 5. The number of benzene rings is 1. The summed E-state index contributed by atoms with van der Waals surface area (Å²) in [5, 5.41) is 0. The van der Waals surface area contributed by atoms with Crippen LogP contribution >= 0.6 is 0 Å². The lowest BCUT2D eigenvalue weighted by atomic mass is 9.94. The van der Waals surface area contributed by atoms with Crippen LogP contribution in [0, 0.1) is 0 Å². The molecule has 2 N–H and O–H groups in total. The zero-order valence-corrected chi connectivity index (χ0v) is 12.6. The van der Waals surface area contributed by atoms with Gasteiger partial charge in [0.25, 0.3) is 6.47 Å². The Hall–Kier alpha value is -2.69. The van der Waals surface area contributed by atoms with Crippen molar-refractivity contribution in [1.29, 1.82) is 0 Å². The highest BCUT2D eigenvalue weighted by Gasteiger charge is 2.17. The Morgan fingerprint density at radius 2 is 2.14 bits per heavy atom. The molecule has 0 radical (unpaired) electrons. The first-order chi connectivity index (χ1) is 10.6. The molecule has 116 valence electrons. The Morgan fingerprint density at radius 1 is 1.41 bits per heavy atom. The molecule has 1 aromatic carbocycles. The number of hydrogen-bond donors (Lipinski definition) is 1.